The highest BCUT2D eigenvalue weighted by molar-refractivity contribution is 5.92. The standard InChI is InChI=1S/C13H20N4O2/c1-17(2)13(6-3-4-7-13)9-14-11-10(12(18)19)5-8-15-16-11/h5,8H,3-4,6-7,9H2,1-2H3,(H,14,16)(H,18,19). The summed E-state index contributed by atoms with van der Waals surface area (Å²) in [6.07, 6.45) is 6.06. The van der Waals surface area contributed by atoms with Crippen molar-refractivity contribution in [3.05, 3.63) is 17.8 Å². The Morgan fingerprint density at radius 2 is 2.16 bits per heavy atom. The van der Waals surface area contributed by atoms with Crippen LogP contribution in [0.15, 0.2) is 12.3 Å². The van der Waals surface area contributed by atoms with Gasteiger partial charge in [0.15, 0.2) is 5.82 Å². The third kappa shape index (κ3) is 2.84. The molecule has 0 saturated heterocycles. The number of carbonyl (C=O) groups is 1. The van der Waals surface area contributed by atoms with Gasteiger partial charge in [-0.1, -0.05) is 12.8 Å². The molecule has 1 aromatic heterocycles. The van der Waals surface area contributed by atoms with E-state index in [-0.39, 0.29) is 11.1 Å². The highest BCUT2D eigenvalue weighted by Gasteiger charge is 2.36. The van der Waals surface area contributed by atoms with Crippen LogP contribution in [-0.4, -0.2) is 52.4 Å². The largest absolute Gasteiger partial charge is 0.478 e. The minimum absolute atomic E-state index is 0.0906. The van der Waals surface area contributed by atoms with Crippen molar-refractivity contribution in [1.82, 2.24) is 15.1 Å². The number of carboxylic acids is 1. The zero-order valence-corrected chi connectivity index (χ0v) is 11.4. The van der Waals surface area contributed by atoms with E-state index >= 15 is 0 Å². The Bertz CT molecular complexity index is 456. The highest BCUT2D eigenvalue weighted by Crippen LogP contribution is 2.33. The molecule has 1 aliphatic carbocycles. The summed E-state index contributed by atoms with van der Waals surface area (Å²) in [5, 5.41) is 19.9. The lowest BCUT2D eigenvalue weighted by atomic mass is 9.96. The topological polar surface area (TPSA) is 78.3 Å². The SMILES string of the molecule is CN(C)C1(CNc2nnccc2C(=O)O)CCCC1. The van der Waals surface area contributed by atoms with Crippen molar-refractivity contribution < 1.29 is 9.90 Å². The maximum atomic E-state index is 11.1. The number of nitrogens with zero attached hydrogens (tertiary/aromatic N) is 3. The summed E-state index contributed by atoms with van der Waals surface area (Å²) >= 11 is 0. The summed E-state index contributed by atoms with van der Waals surface area (Å²) in [6, 6.07) is 1.47. The lowest BCUT2D eigenvalue weighted by Gasteiger charge is -2.36. The first kappa shape index (κ1) is 13.7. The van der Waals surface area contributed by atoms with Crippen molar-refractivity contribution in [3.8, 4) is 0 Å². The maximum Gasteiger partial charge on any atom is 0.339 e. The Morgan fingerprint density at radius 1 is 1.47 bits per heavy atom. The predicted molar refractivity (Wildman–Crippen MR) is 72.4 cm³/mol. The van der Waals surface area contributed by atoms with E-state index in [0.29, 0.717) is 12.4 Å². The number of likely N-dealkylation sites (N-methyl/N-ethyl adjacent to an activating group) is 1. The van der Waals surface area contributed by atoms with Gasteiger partial charge in [-0.25, -0.2) is 4.79 Å². The number of hydrogen-bond donors (Lipinski definition) is 2. The third-order valence-corrected chi connectivity index (χ3v) is 4.02. The molecule has 2 N–H and O–H groups in total. The second-order valence-corrected chi connectivity index (χ2v) is 5.28. The number of aromatic nitrogens is 2. The number of hydrogen-bond acceptors (Lipinski definition) is 5. The van der Waals surface area contributed by atoms with Crippen LogP contribution in [-0.2, 0) is 0 Å². The van der Waals surface area contributed by atoms with Gasteiger partial charge in [0.2, 0.25) is 0 Å². The first-order valence-corrected chi connectivity index (χ1v) is 6.51. The summed E-state index contributed by atoms with van der Waals surface area (Å²) in [5.41, 5.74) is 0.259. The molecule has 0 atom stereocenters. The summed E-state index contributed by atoms with van der Waals surface area (Å²) < 4.78 is 0. The zero-order valence-electron chi connectivity index (χ0n) is 11.4. The normalized spacial score (nSPS) is 17.6. The van der Waals surface area contributed by atoms with Gasteiger partial charge < -0.3 is 15.3 Å². The van der Waals surface area contributed by atoms with Gasteiger partial charge in [0, 0.05) is 12.1 Å². The molecule has 6 nitrogen and oxygen atoms in total. The summed E-state index contributed by atoms with van der Waals surface area (Å²) in [6.45, 7) is 0.693. The van der Waals surface area contributed by atoms with Crippen LogP contribution in [0.3, 0.4) is 0 Å². The molecular formula is C13H20N4O2. The van der Waals surface area contributed by atoms with E-state index in [9.17, 15) is 4.79 Å². The minimum Gasteiger partial charge on any atom is -0.478 e. The van der Waals surface area contributed by atoms with Crippen molar-refractivity contribution in [2.75, 3.05) is 26.0 Å². The fourth-order valence-corrected chi connectivity index (χ4v) is 2.70. The molecule has 0 radical (unpaired) electrons. The molecule has 0 spiro atoms. The fourth-order valence-electron chi connectivity index (χ4n) is 2.70. The smallest absolute Gasteiger partial charge is 0.339 e. The van der Waals surface area contributed by atoms with Gasteiger partial charge in [0.1, 0.15) is 5.56 Å². The van der Waals surface area contributed by atoms with E-state index < -0.39 is 5.97 Å². The fraction of sp³-hybridized carbons (Fsp3) is 0.615. The van der Waals surface area contributed by atoms with Gasteiger partial charge >= 0.3 is 5.97 Å². The maximum absolute atomic E-state index is 11.1. The third-order valence-electron chi connectivity index (χ3n) is 4.02. The van der Waals surface area contributed by atoms with Crippen LogP contribution in [0.4, 0.5) is 5.82 Å². The summed E-state index contributed by atoms with van der Waals surface area (Å²) in [7, 11) is 4.14. The molecule has 1 saturated carbocycles. The molecule has 1 aliphatic rings. The Morgan fingerprint density at radius 3 is 2.74 bits per heavy atom. The Hall–Kier alpha value is -1.69. The molecule has 0 amide bonds. The van der Waals surface area contributed by atoms with E-state index in [0.717, 1.165) is 12.8 Å². The molecule has 6 heteroatoms. The van der Waals surface area contributed by atoms with Crippen LogP contribution in [0.25, 0.3) is 0 Å². The van der Waals surface area contributed by atoms with Gasteiger partial charge in [-0.05, 0) is 33.0 Å². The molecule has 0 unspecified atom stereocenters. The highest BCUT2D eigenvalue weighted by atomic mass is 16.4. The lowest BCUT2D eigenvalue weighted by Crippen LogP contribution is -2.47. The molecule has 1 aromatic rings. The molecular weight excluding hydrogens is 244 g/mol. The monoisotopic (exact) mass is 264 g/mol. The lowest BCUT2D eigenvalue weighted by molar-refractivity contribution is 0.0697. The summed E-state index contributed by atoms with van der Waals surface area (Å²) in [4.78, 5) is 13.3. The molecule has 1 heterocycles. The summed E-state index contributed by atoms with van der Waals surface area (Å²) in [5.74, 6) is -0.633. The minimum atomic E-state index is -0.984. The van der Waals surface area contributed by atoms with Crippen molar-refractivity contribution >= 4 is 11.8 Å². The van der Waals surface area contributed by atoms with E-state index in [1.165, 1.54) is 25.1 Å². The average molecular weight is 264 g/mol. The first-order valence-electron chi connectivity index (χ1n) is 6.51. The van der Waals surface area contributed by atoms with E-state index in [1.54, 1.807) is 0 Å². The van der Waals surface area contributed by atoms with Crippen molar-refractivity contribution in [2.24, 2.45) is 0 Å². The Kier molecular flexibility index (Phi) is 3.99. The first-order chi connectivity index (χ1) is 9.05. The van der Waals surface area contributed by atoms with Crippen LogP contribution in [0, 0.1) is 0 Å². The van der Waals surface area contributed by atoms with Gasteiger partial charge in [0.25, 0.3) is 0 Å². The molecule has 2 rings (SSSR count). The Balaban J connectivity index is 2.12. The number of rotatable bonds is 5. The van der Waals surface area contributed by atoms with Crippen LogP contribution < -0.4 is 5.32 Å². The van der Waals surface area contributed by atoms with Crippen molar-refractivity contribution in [2.45, 2.75) is 31.2 Å². The molecule has 0 aliphatic heterocycles. The van der Waals surface area contributed by atoms with Gasteiger partial charge in [-0.15, -0.1) is 5.10 Å². The number of aromatic carboxylic acids is 1. The molecule has 0 bridgehead atoms. The second kappa shape index (κ2) is 5.52. The second-order valence-electron chi connectivity index (χ2n) is 5.28. The predicted octanol–water partition coefficient (Wildman–Crippen LogP) is 1.46. The van der Waals surface area contributed by atoms with Crippen LogP contribution in [0.1, 0.15) is 36.0 Å². The Labute approximate surface area is 112 Å². The molecule has 104 valence electrons. The quantitative estimate of drug-likeness (QED) is 0.838. The van der Waals surface area contributed by atoms with Crippen molar-refractivity contribution in [1.29, 1.82) is 0 Å². The molecule has 19 heavy (non-hydrogen) atoms. The van der Waals surface area contributed by atoms with E-state index in [2.05, 4.69) is 34.5 Å². The van der Waals surface area contributed by atoms with Gasteiger partial charge in [-0.3, -0.25) is 0 Å². The van der Waals surface area contributed by atoms with Gasteiger partial charge in [-0.2, -0.15) is 5.10 Å². The average Bonchev–Trinajstić information content (AvgIpc) is 2.86. The van der Waals surface area contributed by atoms with Crippen LogP contribution >= 0.6 is 0 Å². The number of nitrogens with one attached hydrogen (secondary N) is 1. The van der Waals surface area contributed by atoms with Gasteiger partial charge in [0.05, 0.1) is 6.20 Å². The number of carboxylic acid groups (broad SMARTS) is 1. The van der Waals surface area contributed by atoms with Crippen LogP contribution in [0.2, 0.25) is 0 Å². The van der Waals surface area contributed by atoms with E-state index in [1.807, 2.05) is 0 Å². The van der Waals surface area contributed by atoms with Crippen molar-refractivity contribution in [3.63, 3.8) is 0 Å². The molecule has 1 fully saturated rings. The van der Waals surface area contributed by atoms with E-state index in [4.69, 9.17) is 5.11 Å². The zero-order chi connectivity index (χ0) is 13.9. The van der Waals surface area contributed by atoms with Crippen LogP contribution in [0.5, 0.6) is 0 Å². The molecule has 0 aromatic carbocycles. The number of anilines is 1.